The number of rotatable bonds is 6. The molecule has 0 saturated carbocycles. The highest BCUT2D eigenvalue weighted by molar-refractivity contribution is 5.85. The van der Waals surface area contributed by atoms with Crippen molar-refractivity contribution in [1.82, 2.24) is 30.8 Å². The van der Waals surface area contributed by atoms with Crippen LogP contribution in [0.3, 0.4) is 0 Å². The minimum Gasteiger partial charge on any atom is -0.496 e. The van der Waals surface area contributed by atoms with E-state index in [4.69, 9.17) is 4.74 Å². The van der Waals surface area contributed by atoms with Crippen LogP contribution in [0.4, 0.5) is 13.2 Å². The normalized spacial score (nSPS) is 18.8. The van der Waals surface area contributed by atoms with Gasteiger partial charge in [-0.1, -0.05) is 30.3 Å². The van der Waals surface area contributed by atoms with Gasteiger partial charge in [0.2, 0.25) is 0 Å². The zero-order chi connectivity index (χ0) is 21.8. The standard InChI is InChI=1S/C21H23F3N6O.ClH/c1-31-18-10-9-16(30-20(21(22,23)24)27-28-29-30)12-15(18)13-26-17-8-5-11-25-19(17)14-6-3-2-4-7-14;/h2-4,6-7,9-10,12,17,19,25-26H,5,8,11,13H2,1H3;1H/t17-,19?;/m0./s1. The summed E-state index contributed by atoms with van der Waals surface area (Å²) in [5.74, 6) is -0.588. The van der Waals surface area contributed by atoms with Gasteiger partial charge in [0.15, 0.2) is 0 Å². The smallest absolute Gasteiger partial charge is 0.453 e. The van der Waals surface area contributed by atoms with Crippen molar-refractivity contribution in [3.05, 3.63) is 65.5 Å². The van der Waals surface area contributed by atoms with E-state index in [9.17, 15) is 13.2 Å². The Hall–Kier alpha value is -2.69. The van der Waals surface area contributed by atoms with Gasteiger partial charge in [0.05, 0.1) is 12.8 Å². The van der Waals surface area contributed by atoms with E-state index < -0.39 is 12.0 Å². The summed E-state index contributed by atoms with van der Waals surface area (Å²) in [7, 11) is 1.53. The van der Waals surface area contributed by atoms with Crippen molar-refractivity contribution in [2.75, 3.05) is 13.7 Å². The van der Waals surface area contributed by atoms with Gasteiger partial charge in [0.1, 0.15) is 5.75 Å². The van der Waals surface area contributed by atoms with Crippen LogP contribution in [0.5, 0.6) is 5.75 Å². The van der Waals surface area contributed by atoms with Crippen molar-refractivity contribution < 1.29 is 17.9 Å². The highest BCUT2D eigenvalue weighted by Crippen LogP contribution is 2.30. The van der Waals surface area contributed by atoms with Gasteiger partial charge in [-0.25, -0.2) is 0 Å². The molecule has 11 heteroatoms. The fourth-order valence-electron chi connectivity index (χ4n) is 3.93. The number of methoxy groups -OCH3 is 1. The molecular formula is C21H24ClF3N6O. The fourth-order valence-corrected chi connectivity index (χ4v) is 3.93. The quantitative estimate of drug-likeness (QED) is 0.574. The van der Waals surface area contributed by atoms with Gasteiger partial charge in [0.25, 0.3) is 5.82 Å². The maximum Gasteiger partial charge on any atom is 0.453 e. The first-order valence-corrected chi connectivity index (χ1v) is 10.0. The second kappa shape index (κ2) is 10.3. The topological polar surface area (TPSA) is 76.9 Å². The van der Waals surface area contributed by atoms with E-state index in [0.717, 1.165) is 24.9 Å². The molecule has 3 aromatic rings. The number of hydrogen-bond acceptors (Lipinski definition) is 6. The number of nitrogens with zero attached hydrogens (tertiary/aromatic N) is 4. The van der Waals surface area contributed by atoms with Crippen LogP contribution in [0.2, 0.25) is 0 Å². The van der Waals surface area contributed by atoms with Crippen molar-refractivity contribution in [2.24, 2.45) is 0 Å². The van der Waals surface area contributed by atoms with Crippen LogP contribution in [0.1, 0.15) is 35.8 Å². The lowest BCUT2D eigenvalue weighted by molar-refractivity contribution is -0.146. The number of benzene rings is 2. The first-order valence-electron chi connectivity index (χ1n) is 10.0. The number of nitrogens with one attached hydrogen (secondary N) is 2. The molecule has 0 bridgehead atoms. The van der Waals surface area contributed by atoms with Crippen LogP contribution >= 0.6 is 12.4 Å². The lowest BCUT2D eigenvalue weighted by Crippen LogP contribution is -2.45. The second-order valence-electron chi connectivity index (χ2n) is 7.38. The molecule has 1 fully saturated rings. The maximum absolute atomic E-state index is 13.2. The molecule has 0 radical (unpaired) electrons. The summed E-state index contributed by atoms with van der Waals surface area (Å²) in [5.41, 5.74) is 2.14. The molecule has 0 spiro atoms. The van der Waals surface area contributed by atoms with E-state index >= 15 is 0 Å². The van der Waals surface area contributed by atoms with Gasteiger partial charge < -0.3 is 15.4 Å². The van der Waals surface area contributed by atoms with Crippen LogP contribution < -0.4 is 15.4 Å². The molecule has 1 aliphatic heterocycles. The first kappa shape index (κ1) is 24.0. The largest absolute Gasteiger partial charge is 0.496 e. The molecule has 1 aliphatic rings. The van der Waals surface area contributed by atoms with Crippen molar-refractivity contribution in [3.8, 4) is 11.4 Å². The Morgan fingerprint density at radius 3 is 2.69 bits per heavy atom. The van der Waals surface area contributed by atoms with Gasteiger partial charge in [-0.3, -0.25) is 0 Å². The predicted octanol–water partition coefficient (Wildman–Crippen LogP) is 3.69. The predicted molar refractivity (Wildman–Crippen MR) is 115 cm³/mol. The van der Waals surface area contributed by atoms with Crippen LogP contribution in [-0.4, -0.2) is 39.9 Å². The number of tetrazole rings is 1. The van der Waals surface area contributed by atoms with Crippen molar-refractivity contribution in [2.45, 2.75) is 37.6 Å². The molecule has 2 heterocycles. The summed E-state index contributed by atoms with van der Waals surface area (Å²) in [5, 5.41) is 16.9. The lowest BCUT2D eigenvalue weighted by atomic mass is 9.92. The third kappa shape index (κ3) is 5.20. The maximum atomic E-state index is 13.2. The molecule has 2 atom stereocenters. The number of piperidine rings is 1. The number of alkyl halides is 3. The fraction of sp³-hybridized carbons (Fsp3) is 0.381. The number of ether oxygens (including phenoxy) is 1. The van der Waals surface area contributed by atoms with E-state index in [2.05, 4.69) is 38.3 Å². The van der Waals surface area contributed by atoms with Gasteiger partial charge in [0, 0.05) is 24.2 Å². The zero-order valence-corrected chi connectivity index (χ0v) is 18.2. The Kier molecular flexibility index (Phi) is 7.70. The highest BCUT2D eigenvalue weighted by atomic mass is 35.5. The molecule has 1 unspecified atom stereocenters. The summed E-state index contributed by atoms with van der Waals surface area (Å²) in [6.07, 6.45) is -2.63. The highest BCUT2D eigenvalue weighted by Gasteiger charge is 2.38. The van der Waals surface area contributed by atoms with Crippen LogP contribution in [0.25, 0.3) is 5.69 Å². The number of hydrogen-bond donors (Lipinski definition) is 2. The van der Waals surface area contributed by atoms with Crippen molar-refractivity contribution >= 4 is 12.4 Å². The molecule has 32 heavy (non-hydrogen) atoms. The summed E-state index contributed by atoms with van der Waals surface area (Å²) < 4.78 is 45.7. The van der Waals surface area contributed by atoms with E-state index in [1.54, 1.807) is 12.1 Å². The summed E-state index contributed by atoms with van der Waals surface area (Å²) in [6.45, 7) is 1.37. The molecule has 0 aliphatic carbocycles. The van der Waals surface area contributed by atoms with Crippen molar-refractivity contribution in [1.29, 1.82) is 0 Å². The third-order valence-corrected chi connectivity index (χ3v) is 5.40. The minimum absolute atomic E-state index is 0. The van der Waals surface area contributed by atoms with E-state index in [-0.39, 0.29) is 30.2 Å². The third-order valence-electron chi connectivity index (χ3n) is 5.40. The zero-order valence-electron chi connectivity index (χ0n) is 17.3. The van der Waals surface area contributed by atoms with E-state index in [1.165, 1.54) is 18.7 Å². The molecule has 2 aromatic carbocycles. The minimum atomic E-state index is -4.65. The monoisotopic (exact) mass is 468 g/mol. The summed E-state index contributed by atoms with van der Waals surface area (Å²) in [4.78, 5) is 0. The Balaban J connectivity index is 0.00000289. The molecule has 2 N–H and O–H groups in total. The Labute approximate surface area is 189 Å². The molecular weight excluding hydrogens is 445 g/mol. The molecule has 7 nitrogen and oxygen atoms in total. The first-order chi connectivity index (χ1) is 15.0. The van der Waals surface area contributed by atoms with Crippen molar-refractivity contribution in [3.63, 3.8) is 0 Å². The Morgan fingerprint density at radius 1 is 1.19 bits per heavy atom. The van der Waals surface area contributed by atoms with E-state index in [1.807, 2.05) is 18.2 Å². The molecule has 4 rings (SSSR count). The molecule has 1 aromatic heterocycles. The lowest BCUT2D eigenvalue weighted by Gasteiger charge is -2.34. The van der Waals surface area contributed by atoms with Gasteiger partial charge in [-0.2, -0.15) is 17.9 Å². The van der Waals surface area contributed by atoms with Crippen LogP contribution in [-0.2, 0) is 12.7 Å². The molecule has 172 valence electrons. The van der Waals surface area contributed by atoms with Gasteiger partial charge in [-0.05, 0) is 53.6 Å². The number of aromatic nitrogens is 4. The van der Waals surface area contributed by atoms with Gasteiger partial charge >= 0.3 is 6.18 Å². The Bertz CT molecular complexity index is 1010. The molecule has 1 saturated heterocycles. The average Bonchev–Trinajstić information content (AvgIpc) is 3.29. The van der Waals surface area contributed by atoms with Crippen LogP contribution in [0, 0.1) is 0 Å². The van der Waals surface area contributed by atoms with Gasteiger partial charge in [-0.15, -0.1) is 17.5 Å². The summed E-state index contributed by atoms with van der Waals surface area (Å²) >= 11 is 0. The van der Waals surface area contributed by atoms with Crippen LogP contribution in [0.15, 0.2) is 48.5 Å². The second-order valence-corrected chi connectivity index (χ2v) is 7.38. The Morgan fingerprint density at radius 2 is 1.97 bits per heavy atom. The average molecular weight is 469 g/mol. The number of halogens is 4. The molecule has 0 amide bonds. The summed E-state index contributed by atoms with van der Waals surface area (Å²) in [6, 6.07) is 15.3. The SMILES string of the molecule is COc1ccc(-n2nnnc2C(F)(F)F)cc1CN[C@H]1CCCNC1c1ccccc1.Cl. The van der Waals surface area contributed by atoms with E-state index in [0.29, 0.717) is 17.0 Å².